The molecule has 2 rings (SSSR count). The molecule has 1 fully saturated rings. The van der Waals surface area contributed by atoms with E-state index in [2.05, 4.69) is 0 Å². The first kappa shape index (κ1) is 17.3. The molecule has 1 heterocycles. The van der Waals surface area contributed by atoms with Crippen molar-refractivity contribution in [2.75, 3.05) is 13.2 Å². The number of halogens is 2. The molecule has 0 aromatic heterocycles. The zero-order chi connectivity index (χ0) is 16.5. The lowest BCUT2D eigenvalue weighted by Gasteiger charge is -2.42. The normalized spacial score (nSPS) is 17.5. The van der Waals surface area contributed by atoms with Crippen molar-refractivity contribution in [1.82, 2.24) is 0 Å². The molecule has 0 saturated carbocycles. The van der Waals surface area contributed by atoms with Gasteiger partial charge in [-0.3, -0.25) is 0 Å². The summed E-state index contributed by atoms with van der Waals surface area (Å²) >= 11 is 0. The molecule has 0 N–H and O–H groups in total. The highest BCUT2D eigenvalue weighted by Crippen LogP contribution is 2.42. The van der Waals surface area contributed by atoms with Gasteiger partial charge < -0.3 is 9.47 Å². The fourth-order valence-corrected chi connectivity index (χ4v) is 2.35. The molecule has 0 spiro atoms. The van der Waals surface area contributed by atoms with E-state index in [0.29, 0.717) is 26.1 Å². The van der Waals surface area contributed by atoms with Crippen molar-refractivity contribution in [1.29, 1.82) is 0 Å². The highest BCUT2D eigenvalue weighted by molar-refractivity contribution is 6.41. The van der Waals surface area contributed by atoms with E-state index in [1.807, 2.05) is 20.8 Å². The van der Waals surface area contributed by atoms with E-state index in [4.69, 9.17) is 25.2 Å². The van der Waals surface area contributed by atoms with Crippen LogP contribution in [-0.2, 0) is 9.95 Å². The predicted octanol–water partition coefficient (Wildman–Crippen LogP) is 3.06. The first-order chi connectivity index (χ1) is 10.1. The van der Waals surface area contributed by atoms with Crippen LogP contribution in [0.5, 0.6) is 5.75 Å². The molecule has 0 aliphatic carbocycles. The zero-order valence-electron chi connectivity index (χ0n) is 13.3. The fourth-order valence-electron chi connectivity index (χ4n) is 2.35. The summed E-state index contributed by atoms with van der Waals surface area (Å²) in [7, 11) is 12.4. The summed E-state index contributed by atoms with van der Waals surface area (Å²) in [6.07, 6.45) is 1.10. The van der Waals surface area contributed by atoms with Gasteiger partial charge in [-0.2, -0.15) is 0 Å². The summed E-state index contributed by atoms with van der Waals surface area (Å²) in [5, 5.41) is -1.43. The molecule has 0 atom stereocenters. The zero-order valence-corrected chi connectivity index (χ0v) is 13.3. The maximum absolute atomic E-state index is 14.3. The lowest BCUT2D eigenvalue weighted by atomic mass is 9.41. The van der Waals surface area contributed by atoms with Crippen LogP contribution >= 0.6 is 0 Å². The molecule has 2 nitrogen and oxygen atoms in total. The Hall–Kier alpha value is -1.03. The van der Waals surface area contributed by atoms with Gasteiger partial charge in [0.05, 0.1) is 28.9 Å². The minimum absolute atomic E-state index is 0.0618. The van der Waals surface area contributed by atoms with Crippen molar-refractivity contribution in [3.63, 3.8) is 0 Å². The van der Waals surface area contributed by atoms with Gasteiger partial charge in [0.2, 0.25) is 0 Å². The van der Waals surface area contributed by atoms with Crippen molar-refractivity contribution in [3.05, 3.63) is 29.3 Å². The van der Waals surface area contributed by atoms with Crippen molar-refractivity contribution >= 4 is 15.7 Å². The molecular weight excluding hydrogens is 284 g/mol. The molecule has 22 heavy (non-hydrogen) atoms. The Bertz CT molecular complexity index is 536. The Kier molecular flexibility index (Phi) is 4.90. The number of ether oxygens (including phenoxy) is 2. The maximum Gasteiger partial charge on any atom is 0.168 e. The Labute approximate surface area is 133 Å². The summed E-state index contributed by atoms with van der Waals surface area (Å²) in [4.78, 5) is 0. The molecule has 6 heteroatoms. The van der Waals surface area contributed by atoms with Gasteiger partial charge in [0.25, 0.3) is 0 Å². The quantitative estimate of drug-likeness (QED) is 0.799. The summed E-state index contributed by atoms with van der Waals surface area (Å²) < 4.78 is 39.0. The molecule has 1 aliphatic rings. The van der Waals surface area contributed by atoms with Crippen molar-refractivity contribution in [2.45, 2.75) is 44.9 Å². The summed E-state index contributed by atoms with van der Waals surface area (Å²) in [6.45, 7) is 6.55. The number of benzene rings is 1. The van der Waals surface area contributed by atoms with Crippen molar-refractivity contribution < 1.29 is 18.3 Å². The van der Waals surface area contributed by atoms with Crippen LogP contribution in [-0.4, -0.2) is 35.0 Å². The van der Waals surface area contributed by atoms with E-state index < -0.39 is 22.3 Å². The van der Waals surface area contributed by atoms with E-state index in [1.54, 1.807) is 0 Å². The molecule has 1 aromatic rings. The Morgan fingerprint density at radius 2 is 1.73 bits per heavy atom. The number of rotatable bonds is 3. The summed E-state index contributed by atoms with van der Waals surface area (Å²) in [5.41, 5.74) is -0.468. The third kappa shape index (κ3) is 3.48. The van der Waals surface area contributed by atoms with Gasteiger partial charge in [-0.25, -0.2) is 8.78 Å². The van der Waals surface area contributed by atoms with Gasteiger partial charge in [-0.05, 0) is 17.0 Å². The molecular formula is C16H20B2F2O2. The third-order valence-electron chi connectivity index (χ3n) is 4.15. The highest BCUT2D eigenvalue weighted by atomic mass is 19.1. The first-order valence-electron chi connectivity index (χ1n) is 7.44. The van der Waals surface area contributed by atoms with Crippen LogP contribution in [0.4, 0.5) is 8.78 Å². The second kappa shape index (κ2) is 6.23. The van der Waals surface area contributed by atoms with Crippen LogP contribution in [0.1, 0.15) is 39.2 Å². The van der Waals surface area contributed by atoms with Crippen LogP contribution < -0.4 is 4.74 Å². The Morgan fingerprint density at radius 3 is 2.27 bits per heavy atom. The van der Waals surface area contributed by atoms with Crippen molar-refractivity contribution in [2.24, 2.45) is 5.41 Å². The molecule has 116 valence electrons. The van der Waals surface area contributed by atoms with Crippen LogP contribution in [0.3, 0.4) is 0 Å². The van der Waals surface area contributed by atoms with Crippen LogP contribution in [0.25, 0.3) is 0 Å². The van der Waals surface area contributed by atoms with Gasteiger partial charge in [0, 0.05) is 18.9 Å². The second-order valence-electron chi connectivity index (χ2n) is 6.81. The smallest absolute Gasteiger partial charge is 0.168 e. The van der Waals surface area contributed by atoms with Gasteiger partial charge in [0.15, 0.2) is 11.6 Å². The highest BCUT2D eigenvalue weighted by Gasteiger charge is 2.37. The van der Waals surface area contributed by atoms with Gasteiger partial charge >= 0.3 is 0 Å². The fraction of sp³-hybridized carbons (Fsp3) is 0.625. The maximum atomic E-state index is 14.3. The predicted molar refractivity (Wildman–Crippen MR) is 83.5 cm³/mol. The minimum Gasteiger partial charge on any atom is -0.487 e. The minimum atomic E-state index is -1.43. The van der Waals surface area contributed by atoms with Gasteiger partial charge in [-0.1, -0.05) is 26.0 Å². The van der Waals surface area contributed by atoms with Crippen molar-refractivity contribution in [3.8, 4) is 5.75 Å². The van der Waals surface area contributed by atoms with E-state index >= 15 is 0 Å². The molecule has 0 amide bonds. The van der Waals surface area contributed by atoms with E-state index in [-0.39, 0.29) is 17.4 Å². The van der Waals surface area contributed by atoms with E-state index in [0.717, 1.165) is 12.1 Å². The van der Waals surface area contributed by atoms with Gasteiger partial charge in [-0.15, -0.1) is 0 Å². The third-order valence-corrected chi connectivity index (χ3v) is 4.15. The van der Waals surface area contributed by atoms with Crippen LogP contribution in [0.15, 0.2) is 12.1 Å². The lowest BCUT2D eigenvalue weighted by molar-refractivity contribution is 0.0232. The standard InChI is InChI=1S/C16H20B2F2O2/c1-15(2,3)16(17,18)12-8-10(19)9-13(20)14(12)22-11-4-6-21-7-5-11/h8-9,11H,4-7H2,1-3H3. The SMILES string of the molecule is [B]C([B])(c1cc(F)cc(F)c1OC1CCOCC1)C(C)(C)C. The first-order valence-corrected chi connectivity index (χ1v) is 7.44. The molecule has 1 saturated heterocycles. The molecule has 1 aromatic carbocycles. The molecule has 4 radical (unpaired) electrons. The number of hydrogen-bond acceptors (Lipinski definition) is 2. The topological polar surface area (TPSA) is 18.5 Å². The molecule has 0 unspecified atom stereocenters. The monoisotopic (exact) mass is 304 g/mol. The average molecular weight is 304 g/mol. The lowest BCUT2D eigenvalue weighted by Crippen LogP contribution is -2.42. The Balaban J connectivity index is 2.43. The Morgan fingerprint density at radius 1 is 1.14 bits per heavy atom. The second-order valence-corrected chi connectivity index (χ2v) is 6.81. The van der Waals surface area contributed by atoms with E-state index in [1.165, 1.54) is 0 Å². The molecule has 0 bridgehead atoms. The van der Waals surface area contributed by atoms with Gasteiger partial charge in [0.1, 0.15) is 11.9 Å². The van der Waals surface area contributed by atoms with E-state index in [9.17, 15) is 8.78 Å². The summed E-state index contributed by atoms with van der Waals surface area (Å²) in [5.74, 6) is -1.57. The van der Waals surface area contributed by atoms with Crippen LogP contribution in [0, 0.1) is 17.0 Å². The number of hydrogen-bond donors (Lipinski definition) is 0. The summed E-state index contributed by atoms with van der Waals surface area (Å²) in [6, 6.07) is 1.94. The van der Waals surface area contributed by atoms with Crippen LogP contribution in [0.2, 0.25) is 0 Å². The average Bonchev–Trinajstić information content (AvgIpc) is 2.41. The largest absolute Gasteiger partial charge is 0.487 e. The molecule has 1 aliphatic heterocycles.